The van der Waals surface area contributed by atoms with E-state index in [9.17, 15) is 4.79 Å². The molecule has 0 unspecified atom stereocenters. The maximum Gasteiger partial charge on any atom is 0.228 e. The summed E-state index contributed by atoms with van der Waals surface area (Å²) in [5, 5.41) is 13.9. The molecular weight excluding hydrogens is 554 g/mol. The number of hydrogen-bond donors (Lipinski definition) is 3. The Bertz CT molecular complexity index is 1880. The third-order valence-electron chi connectivity index (χ3n) is 7.75. The number of carbonyl (C=O) groups is 1. The van der Waals surface area contributed by atoms with Crippen molar-refractivity contribution in [3.8, 4) is 22.6 Å². The first kappa shape index (κ1) is 27.0. The Kier molecular flexibility index (Phi) is 7.64. The molecule has 3 N–H and O–H groups in total. The zero-order valence-corrected chi connectivity index (χ0v) is 24.3. The lowest BCUT2D eigenvalue weighted by molar-refractivity contribution is -0.115. The van der Waals surface area contributed by atoms with Gasteiger partial charge in [-0.25, -0.2) is 15.0 Å². The lowest BCUT2D eigenvalue weighted by Crippen LogP contribution is -2.26. The van der Waals surface area contributed by atoms with E-state index in [1.165, 1.54) is 5.56 Å². The van der Waals surface area contributed by atoms with Gasteiger partial charge < -0.3 is 16.0 Å². The summed E-state index contributed by atoms with van der Waals surface area (Å²) in [6.45, 7) is 2.11. The number of pyridine rings is 1. The van der Waals surface area contributed by atoms with Gasteiger partial charge in [0.2, 0.25) is 11.9 Å². The van der Waals surface area contributed by atoms with Crippen molar-refractivity contribution in [2.45, 2.75) is 25.2 Å². The molecule has 0 radical (unpaired) electrons. The van der Waals surface area contributed by atoms with E-state index in [-0.39, 0.29) is 5.91 Å². The fourth-order valence-electron chi connectivity index (χ4n) is 5.68. The first-order chi connectivity index (χ1) is 21.2. The number of hydrogen-bond acceptors (Lipinski definition) is 7. The number of rotatable bonds is 8. The van der Waals surface area contributed by atoms with Gasteiger partial charge in [0, 0.05) is 29.3 Å². The summed E-state index contributed by atoms with van der Waals surface area (Å²) in [5.74, 6) is 1.03. The van der Waals surface area contributed by atoms with Crippen molar-refractivity contribution in [2.24, 2.45) is 0 Å². The minimum absolute atomic E-state index is 0.0542. The van der Waals surface area contributed by atoms with Gasteiger partial charge in [-0.15, -0.1) is 0 Å². The van der Waals surface area contributed by atoms with Gasteiger partial charge in [0.05, 0.1) is 23.5 Å². The zero-order valence-electron chi connectivity index (χ0n) is 23.5. The number of benzene rings is 2. The highest BCUT2D eigenvalue weighted by Crippen LogP contribution is 2.34. The number of carbonyl (C=O) groups excluding carboxylic acids is 1. The highest BCUT2D eigenvalue weighted by atomic mass is 32.1. The van der Waals surface area contributed by atoms with Crippen LogP contribution in [-0.4, -0.2) is 38.3 Å². The zero-order chi connectivity index (χ0) is 29.0. The Morgan fingerprint density at radius 1 is 0.953 bits per heavy atom. The van der Waals surface area contributed by atoms with Crippen LogP contribution in [0.25, 0.3) is 28.3 Å². The van der Waals surface area contributed by atoms with Gasteiger partial charge in [-0.2, -0.15) is 11.3 Å². The molecule has 6 aromatic rings. The highest BCUT2D eigenvalue weighted by molar-refractivity contribution is 7.08. The van der Waals surface area contributed by atoms with Crippen LogP contribution >= 0.6 is 11.3 Å². The molecule has 1 aliphatic heterocycles. The highest BCUT2D eigenvalue weighted by Gasteiger charge is 2.19. The number of anilines is 3. The Morgan fingerprint density at radius 3 is 2.72 bits per heavy atom. The summed E-state index contributed by atoms with van der Waals surface area (Å²) in [5.41, 5.74) is 8.10. The van der Waals surface area contributed by atoms with Crippen LogP contribution in [0.3, 0.4) is 0 Å². The van der Waals surface area contributed by atoms with Gasteiger partial charge in [-0.05, 0) is 102 Å². The molecule has 1 amide bonds. The molecule has 214 valence electrons. The van der Waals surface area contributed by atoms with Crippen molar-refractivity contribution in [1.29, 1.82) is 0 Å². The maximum absolute atomic E-state index is 12.7. The van der Waals surface area contributed by atoms with Crippen LogP contribution in [0, 0.1) is 0 Å². The molecule has 9 heteroatoms. The number of aromatic nitrogens is 4. The summed E-state index contributed by atoms with van der Waals surface area (Å²) in [6.07, 6.45) is 6.39. The Hall–Kier alpha value is -4.86. The average molecular weight is 586 g/mol. The Labute approximate surface area is 253 Å². The van der Waals surface area contributed by atoms with Crippen LogP contribution in [0.1, 0.15) is 29.9 Å². The van der Waals surface area contributed by atoms with Crippen molar-refractivity contribution >= 4 is 40.2 Å². The first-order valence-electron chi connectivity index (χ1n) is 14.5. The van der Waals surface area contributed by atoms with E-state index in [1.807, 2.05) is 76.0 Å². The number of thiophene rings is 1. The molecular formula is C34H31N7OS. The summed E-state index contributed by atoms with van der Waals surface area (Å²) in [7, 11) is 0. The van der Waals surface area contributed by atoms with Crippen LogP contribution in [0.4, 0.5) is 17.3 Å². The quantitative estimate of drug-likeness (QED) is 0.180. The second-order valence-corrected chi connectivity index (χ2v) is 11.5. The maximum atomic E-state index is 12.7. The minimum Gasteiger partial charge on any atom is -0.326 e. The van der Waals surface area contributed by atoms with E-state index in [0.717, 1.165) is 71.2 Å². The molecule has 43 heavy (non-hydrogen) atoms. The Morgan fingerprint density at radius 2 is 1.84 bits per heavy atom. The Balaban J connectivity index is 1.20. The van der Waals surface area contributed by atoms with E-state index >= 15 is 0 Å². The molecule has 7 rings (SSSR count). The average Bonchev–Trinajstić information content (AvgIpc) is 3.70. The summed E-state index contributed by atoms with van der Waals surface area (Å²) in [4.78, 5) is 27.2. The largest absolute Gasteiger partial charge is 0.326 e. The summed E-state index contributed by atoms with van der Waals surface area (Å²) in [6, 6.07) is 26.2. The van der Waals surface area contributed by atoms with E-state index in [2.05, 4.69) is 45.2 Å². The molecule has 1 saturated heterocycles. The predicted octanol–water partition coefficient (Wildman–Crippen LogP) is 6.91. The number of imidazole rings is 1. The molecule has 0 bridgehead atoms. The van der Waals surface area contributed by atoms with Crippen molar-refractivity contribution < 1.29 is 4.79 Å². The van der Waals surface area contributed by atoms with E-state index in [1.54, 1.807) is 17.5 Å². The number of nitrogens with one attached hydrogen (secondary N) is 3. The van der Waals surface area contributed by atoms with Gasteiger partial charge in [-0.3, -0.25) is 9.20 Å². The molecule has 1 aliphatic rings. The van der Waals surface area contributed by atoms with E-state index < -0.39 is 0 Å². The monoisotopic (exact) mass is 585 g/mol. The fraction of sp³-hybridized carbons (Fsp3) is 0.176. The van der Waals surface area contributed by atoms with E-state index in [0.29, 0.717) is 18.3 Å². The second kappa shape index (κ2) is 12.2. The third kappa shape index (κ3) is 6.04. The molecule has 4 aromatic heterocycles. The van der Waals surface area contributed by atoms with Gasteiger partial charge in [0.1, 0.15) is 5.65 Å². The van der Waals surface area contributed by atoms with Gasteiger partial charge in [0.25, 0.3) is 0 Å². The van der Waals surface area contributed by atoms with Crippen LogP contribution in [0.2, 0.25) is 0 Å². The minimum atomic E-state index is -0.0542. The van der Waals surface area contributed by atoms with Crippen LogP contribution in [0.15, 0.2) is 102 Å². The molecule has 1 fully saturated rings. The van der Waals surface area contributed by atoms with Gasteiger partial charge in [-0.1, -0.05) is 30.3 Å². The van der Waals surface area contributed by atoms with Crippen molar-refractivity contribution in [2.75, 3.05) is 23.7 Å². The number of nitrogens with zero attached hydrogens (tertiary/aromatic N) is 4. The molecule has 0 aliphatic carbocycles. The van der Waals surface area contributed by atoms with Crippen LogP contribution < -0.4 is 16.0 Å². The number of amides is 1. The second-order valence-electron chi connectivity index (χ2n) is 10.7. The number of piperidine rings is 1. The lowest BCUT2D eigenvalue weighted by atomic mass is 9.90. The molecule has 0 saturated carbocycles. The van der Waals surface area contributed by atoms with Crippen LogP contribution in [-0.2, 0) is 11.2 Å². The van der Waals surface area contributed by atoms with Crippen molar-refractivity contribution in [3.05, 3.63) is 113 Å². The molecule has 0 atom stereocenters. The predicted molar refractivity (Wildman–Crippen MR) is 173 cm³/mol. The molecule has 0 spiro atoms. The van der Waals surface area contributed by atoms with Crippen molar-refractivity contribution in [1.82, 2.24) is 24.7 Å². The lowest BCUT2D eigenvalue weighted by Gasteiger charge is -2.23. The SMILES string of the molecule is O=C(Cc1ccsc1)Nc1cccc(-c2nc3ccccn3c2-c2ccnc(Nc3cccc(C4CCNCC4)c3)n2)c1. The van der Waals surface area contributed by atoms with Gasteiger partial charge in [0.15, 0.2) is 0 Å². The molecule has 2 aromatic carbocycles. The normalized spacial score (nSPS) is 13.7. The third-order valence-corrected chi connectivity index (χ3v) is 8.48. The topological polar surface area (TPSA) is 96.2 Å². The molecule has 8 nitrogen and oxygen atoms in total. The van der Waals surface area contributed by atoms with Crippen molar-refractivity contribution in [3.63, 3.8) is 0 Å². The number of fused-ring (bicyclic) bond motifs is 1. The van der Waals surface area contributed by atoms with E-state index in [4.69, 9.17) is 9.97 Å². The smallest absolute Gasteiger partial charge is 0.228 e. The van der Waals surface area contributed by atoms with Crippen LogP contribution in [0.5, 0.6) is 0 Å². The summed E-state index contributed by atoms with van der Waals surface area (Å²) < 4.78 is 2.04. The van der Waals surface area contributed by atoms with Gasteiger partial charge >= 0.3 is 0 Å². The summed E-state index contributed by atoms with van der Waals surface area (Å²) >= 11 is 1.59. The standard InChI is InChI=1S/C34H31N7OS/c42-31(19-23-13-18-43-22-23)37-27-7-4-6-26(21-27)32-33(41-17-2-1-9-30(41)40-32)29-12-16-36-34(39-29)38-28-8-3-5-25(20-28)24-10-14-35-15-11-24/h1-9,12-13,16-18,20-22,24,35H,10-11,14-15,19H2,(H,37,42)(H,36,38,39). The first-order valence-corrected chi connectivity index (χ1v) is 15.4. The molecule has 5 heterocycles. The fourth-order valence-corrected chi connectivity index (χ4v) is 6.34.